The lowest BCUT2D eigenvalue weighted by molar-refractivity contribution is -0.0303. The first-order chi connectivity index (χ1) is 15.9. The molecule has 0 radical (unpaired) electrons. The maximum absolute atomic E-state index is 12.7. The topological polar surface area (TPSA) is 60.9 Å². The molecule has 2 heterocycles. The first-order valence-corrected chi connectivity index (χ1v) is 12.9. The molecule has 5 rings (SSSR count). The molecular formula is C27H31BrN2O3. The maximum Gasteiger partial charge on any atom is 0.261 e. The van der Waals surface area contributed by atoms with E-state index in [9.17, 15) is 14.7 Å². The molecule has 2 amide bonds. The quantitative estimate of drug-likeness (QED) is 0.584. The molecule has 0 aromatic heterocycles. The molecule has 0 unspecified atom stereocenters. The van der Waals surface area contributed by atoms with Gasteiger partial charge in [-0.3, -0.25) is 14.5 Å². The summed E-state index contributed by atoms with van der Waals surface area (Å²) in [5, 5.41) is 11.1. The number of benzene rings is 2. The predicted molar refractivity (Wildman–Crippen MR) is 131 cm³/mol. The largest absolute Gasteiger partial charge is 0.385 e. The molecular weight excluding hydrogens is 480 g/mol. The van der Waals surface area contributed by atoms with Crippen LogP contribution in [0.15, 0.2) is 53.0 Å². The van der Waals surface area contributed by atoms with E-state index in [1.165, 1.54) is 4.90 Å². The van der Waals surface area contributed by atoms with E-state index >= 15 is 0 Å². The number of carbonyl (C=O) groups is 2. The van der Waals surface area contributed by atoms with Crippen molar-refractivity contribution in [1.29, 1.82) is 0 Å². The van der Waals surface area contributed by atoms with E-state index in [0.717, 1.165) is 68.2 Å². The van der Waals surface area contributed by atoms with Gasteiger partial charge in [0.05, 0.1) is 16.7 Å². The number of piperidine rings is 1. The van der Waals surface area contributed by atoms with Crippen LogP contribution in [0.3, 0.4) is 0 Å². The van der Waals surface area contributed by atoms with Crippen LogP contribution in [0.4, 0.5) is 0 Å². The monoisotopic (exact) mass is 510 g/mol. The van der Waals surface area contributed by atoms with E-state index < -0.39 is 5.60 Å². The number of hydrogen-bond acceptors (Lipinski definition) is 4. The highest BCUT2D eigenvalue weighted by Gasteiger charge is 2.38. The van der Waals surface area contributed by atoms with Gasteiger partial charge in [0.15, 0.2) is 0 Å². The van der Waals surface area contributed by atoms with E-state index in [1.54, 1.807) is 12.1 Å². The van der Waals surface area contributed by atoms with Crippen LogP contribution in [0.5, 0.6) is 0 Å². The van der Waals surface area contributed by atoms with Gasteiger partial charge in [0.1, 0.15) is 0 Å². The van der Waals surface area contributed by atoms with Gasteiger partial charge in [-0.1, -0.05) is 40.2 Å². The Morgan fingerprint density at radius 2 is 1.33 bits per heavy atom. The minimum atomic E-state index is -0.721. The summed E-state index contributed by atoms with van der Waals surface area (Å²) < 4.78 is 1.03. The second kappa shape index (κ2) is 9.32. The van der Waals surface area contributed by atoms with Crippen molar-refractivity contribution in [2.24, 2.45) is 11.8 Å². The van der Waals surface area contributed by atoms with E-state index in [2.05, 4.69) is 20.8 Å². The van der Waals surface area contributed by atoms with Gasteiger partial charge in [-0.05, 0) is 80.2 Å². The molecule has 1 saturated carbocycles. The number of carbonyl (C=O) groups excluding carboxylic acids is 2. The summed E-state index contributed by atoms with van der Waals surface area (Å²) >= 11 is 3.47. The van der Waals surface area contributed by atoms with Crippen LogP contribution in [0.2, 0.25) is 0 Å². The molecule has 0 atom stereocenters. The fraction of sp³-hybridized carbons (Fsp3) is 0.481. The molecule has 0 bridgehead atoms. The summed E-state index contributed by atoms with van der Waals surface area (Å²) in [4.78, 5) is 29.3. The van der Waals surface area contributed by atoms with Crippen LogP contribution in [-0.2, 0) is 5.60 Å². The van der Waals surface area contributed by atoms with Gasteiger partial charge in [0.2, 0.25) is 0 Å². The molecule has 1 saturated heterocycles. The Labute approximate surface area is 203 Å². The van der Waals surface area contributed by atoms with Crippen LogP contribution >= 0.6 is 15.9 Å². The Balaban J connectivity index is 1.09. The zero-order valence-corrected chi connectivity index (χ0v) is 20.5. The Bertz CT molecular complexity index is 987. The number of nitrogens with zero attached hydrogens (tertiary/aromatic N) is 2. The highest BCUT2D eigenvalue weighted by atomic mass is 79.9. The lowest BCUT2D eigenvalue weighted by Gasteiger charge is -2.41. The van der Waals surface area contributed by atoms with Crippen LogP contribution in [0.1, 0.15) is 64.8 Å². The molecule has 174 valence electrons. The Kier molecular flexibility index (Phi) is 6.43. The van der Waals surface area contributed by atoms with Crippen molar-refractivity contribution >= 4 is 27.7 Å². The molecule has 3 aliphatic rings. The van der Waals surface area contributed by atoms with Crippen molar-refractivity contribution in [2.45, 2.75) is 44.1 Å². The van der Waals surface area contributed by atoms with E-state index in [4.69, 9.17) is 0 Å². The van der Waals surface area contributed by atoms with Gasteiger partial charge in [-0.2, -0.15) is 0 Å². The molecule has 2 fully saturated rings. The molecule has 33 heavy (non-hydrogen) atoms. The summed E-state index contributed by atoms with van der Waals surface area (Å²) in [6.07, 6.45) is 5.94. The van der Waals surface area contributed by atoms with Crippen LogP contribution < -0.4 is 0 Å². The first kappa shape index (κ1) is 22.8. The molecule has 1 aliphatic carbocycles. The average Bonchev–Trinajstić information content (AvgIpc) is 3.07. The zero-order chi connectivity index (χ0) is 23.0. The molecule has 2 aromatic carbocycles. The summed E-state index contributed by atoms with van der Waals surface area (Å²) in [5.41, 5.74) is 1.38. The minimum absolute atomic E-state index is 0.135. The lowest BCUT2D eigenvalue weighted by atomic mass is 9.80. The molecule has 6 heteroatoms. The molecule has 1 N–H and O–H groups in total. The van der Waals surface area contributed by atoms with Crippen LogP contribution in [0, 0.1) is 11.8 Å². The van der Waals surface area contributed by atoms with Gasteiger partial charge in [-0.25, -0.2) is 0 Å². The number of fused-ring (bicyclic) bond motifs is 1. The van der Waals surface area contributed by atoms with E-state index in [-0.39, 0.29) is 11.8 Å². The summed E-state index contributed by atoms with van der Waals surface area (Å²) in [7, 11) is 0. The average molecular weight is 511 g/mol. The van der Waals surface area contributed by atoms with Crippen molar-refractivity contribution in [3.63, 3.8) is 0 Å². The fourth-order valence-electron chi connectivity index (χ4n) is 5.78. The van der Waals surface area contributed by atoms with Crippen LogP contribution in [0.25, 0.3) is 0 Å². The van der Waals surface area contributed by atoms with E-state index in [1.807, 2.05) is 36.4 Å². The number of hydrogen-bond donors (Lipinski definition) is 1. The number of halogens is 1. The number of aliphatic hydroxyl groups is 1. The number of rotatable bonds is 5. The minimum Gasteiger partial charge on any atom is -0.385 e. The number of likely N-dealkylation sites (tertiary alicyclic amines) is 1. The third kappa shape index (κ3) is 4.66. The van der Waals surface area contributed by atoms with Gasteiger partial charge in [0.25, 0.3) is 11.8 Å². The van der Waals surface area contributed by atoms with Gasteiger partial charge in [0, 0.05) is 30.7 Å². The molecule has 2 aromatic rings. The van der Waals surface area contributed by atoms with Crippen molar-refractivity contribution in [3.05, 3.63) is 69.7 Å². The predicted octanol–water partition coefficient (Wildman–Crippen LogP) is 4.84. The van der Waals surface area contributed by atoms with Crippen molar-refractivity contribution < 1.29 is 14.7 Å². The number of amides is 2. The van der Waals surface area contributed by atoms with Crippen LogP contribution in [-0.4, -0.2) is 52.9 Å². The standard InChI is InChI=1S/C27H31BrN2O3/c28-22-11-9-21(10-12-22)27(33)13-15-29(16-14-27)17-19-5-7-20(8-6-19)18-30-25(31)23-3-1-2-4-24(23)26(30)32/h1-4,9-12,19-20,33H,5-8,13-18H2. The fourth-order valence-corrected chi connectivity index (χ4v) is 6.04. The number of imide groups is 1. The Morgan fingerprint density at radius 1 is 0.818 bits per heavy atom. The highest BCUT2D eigenvalue weighted by Crippen LogP contribution is 2.36. The van der Waals surface area contributed by atoms with Gasteiger partial charge in [-0.15, -0.1) is 0 Å². The molecule has 5 nitrogen and oxygen atoms in total. The Morgan fingerprint density at radius 3 is 1.88 bits per heavy atom. The van der Waals surface area contributed by atoms with Gasteiger partial charge < -0.3 is 10.0 Å². The third-order valence-electron chi connectivity index (χ3n) is 7.87. The van der Waals surface area contributed by atoms with Crippen molar-refractivity contribution in [1.82, 2.24) is 9.80 Å². The SMILES string of the molecule is O=C1c2ccccc2C(=O)N1CC1CCC(CN2CCC(O)(c3ccc(Br)cc3)CC2)CC1. The van der Waals surface area contributed by atoms with Crippen molar-refractivity contribution in [2.75, 3.05) is 26.2 Å². The Hall–Kier alpha value is -2.02. The van der Waals surface area contributed by atoms with Gasteiger partial charge >= 0.3 is 0 Å². The lowest BCUT2D eigenvalue weighted by Crippen LogP contribution is -2.44. The highest BCUT2D eigenvalue weighted by molar-refractivity contribution is 9.10. The molecule has 0 spiro atoms. The third-order valence-corrected chi connectivity index (χ3v) is 8.40. The summed E-state index contributed by atoms with van der Waals surface area (Å²) in [6, 6.07) is 15.2. The second-order valence-electron chi connectivity index (χ2n) is 9.99. The van der Waals surface area contributed by atoms with Crippen molar-refractivity contribution in [3.8, 4) is 0 Å². The second-order valence-corrected chi connectivity index (χ2v) is 10.9. The van der Waals surface area contributed by atoms with E-state index in [0.29, 0.717) is 29.5 Å². The summed E-state index contributed by atoms with van der Waals surface area (Å²) in [6.45, 7) is 3.46. The smallest absolute Gasteiger partial charge is 0.261 e. The zero-order valence-electron chi connectivity index (χ0n) is 18.9. The summed E-state index contributed by atoms with van der Waals surface area (Å²) in [5.74, 6) is 0.781. The first-order valence-electron chi connectivity index (χ1n) is 12.1. The normalized spacial score (nSPS) is 25.3. The maximum atomic E-state index is 12.7. The molecule has 2 aliphatic heterocycles.